The molecule has 1 aromatic heterocycles. The molecule has 1 N–H and O–H groups in total. The van der Waals surface area contributed by atoms with E-state index in [9.17, 15) is 4.79 Å². The second-order valence-electron chi connectivity index (χ2n) is 10.2. The van der Waals surface area contributed by atoms with Crippen LogP contribution in [0.4, 0.5) is 4.79 Å². The molecule has 1 aromatic rings. The minimum absolute atomic E-state index is 0.171. The highest BCUT2D eigenvalue weighted by Crippen LogP contribution is 2.17. The zero-order valence-corrected chi connectivity index (χ0v) is 21.4. The monoisotopic (exact) mass is 472 g/mol. The molecule has 0 aromatic carbocycles. The predicted octanol–water partition coefficient (Wildman–Crippen LogP) is 3.05. The standard InChI is InChI=1S/C23H44N4O6/c1-22(2,3)7-9-29-15-16-33-21(28)24-17-20-18-27(26-25-20)8-10-30-11-12-31-13-14-32-19-23(4,5)6/h18H,7-17,19H2,1-6H3,(H,24,28). The van der Waals surface area contributed by atoms with Crippen LogP contribution in [0, 0.1) is 10.8 Å². The number of ether oxygens (including phenoxy) is 5. The van der Waals surface area contributed by atoms with Crippen molar-refractivity contribution in [2.24, 2.45) is 10.8 Å². The van der Waals surface area contributed by atoms with Crippen molar-refractivity contribution in [3.8, 4) is 0 Å². The van der Waals surface area contributed by atoms with Crippen molar-refractivity contribution in [3.05, 3.63) is 11.9 Å². The third kappa shape index (κ3) is 18.4. The van der Waals surface area contributed by atoms with Gasteiger partial charge in [-0.1, -0.05) is 46.8 Å². The van der Waals surface area contributed by atoms with Crippen molar-refractivity contribution in [1.82, 2.24) is 20.3 Å². The van der Waals surface area contributed by atoms with E-state index >= 15 is 0 Å². The summed E-state index contributed by atoms with van der Waals surface area (Å²) < 4.78 is 28.8. The molecule has 0 bridgehead atoms. The van der Waals surface area contributed by atoms with E-state index in [2.05, 4.69) is 57.2 Å². The Hall–Kier alpha value is -1.75. The topological polar surface area (TPSA) is 106 Å². The first-order valence-corrected chi connectivity index (χ1v) is 11.7. The molecule has 0 aliphatic rings. The molecular formula is C23H44N4O6. The predicted molar refractivity (Wildman–Crippen MR) is 125 cm³/mol. The van der Waals surface area contributed by atoms with Crippen LogP contribution in [0.3, 0.4) is 0 Å². The number of nitrogens with one attached hydrogen (secondary N) is 1. The molecular weight excluding hydrogens is 428 g/mol. The van der Waals surface area contributed by atoms with Gasteiger partial charge in [-0.2, -0.15) is 0 Å². The molecule has 1 heterocycles. The average molecular weight is 473 g/mol. The summed E-state index contributed by atoms with van der Waals surface area (Å²) in [6, 6.07) is 0. The fraction of sp³-hybridized carbons (Fsp3) is 0.870. The van der Waals surface area contributed by atoms with Gasteiger partial charge >= 0.3 is 6.09 Å². The normalized spacial score (nSPS) is 12.2. The highest BCUT2D eigenvalue weighted by molar-refractivity contribution is 5.66. The first-order chi connectivity index (χ1) is 15.6. The number of rotatable bonds is 17. The van der Waals surface area contributed by atoms with Crippen LogP contribution in [0.15, 0.2) is 6.20 Å². The average Bonchev–Trinajstić information content (AvgIpc) is 3.16. The molecule has 0 saturated carbocycles. The summed E-state index contributed by atoms with van der Waals surface area (Å²) in [5.74, 6) is 0. The summed E-state index contributed by atoms with van der Waals surface area (Å²) in [4.78, 5) is 11.7. The number of hydrogen-bond acceptors (Lipinski definition) is 8. The fourth-order valence-electron chi connectivity index (χ4n) is 2.39. The van der Waals surface area contributed by atoms with Crippen molar-refractivity contribution in [3.63, 3.8) is 0 Å². The van der Waals surface area contributed by atoms with Crippen molar-refractivity contribution in [2.75, 3.05) is 59.5 Å². The summed E-state index contributed by atoms with van der Waals surface area (Å²) in [6.07, 6.45) is 2.22. The summed E-state index contributed by atoms with van der Waals surface area (Å²) in [5, 5.41) is 10.7. The molecule has 0 atom stereocenters. The molecule has 33 heavy (non-hydrogen) atoms. The Labute approximate surface area is 198 Å². The molecule has 1 rings (SSSR count). The summed E-state index contributed by atoms with van der Waals surface area (Å²) >= 11 is 0. The molecule has 0 radical (unpaired) electrons. The van der Waals surface area contributed by atoms with E-state index in [1.807, 2.05) is 0 Å². The van der Waals surface area contributed by atoms with Crippen LogP contribution in [-0.4, -0.2) is 80.5 Å². The molecule has 1 amide bonds. The van der Waals surface area contributed by atoms with Gasteiger partial charge in [0.25, 0.3) is 0 Å². The number of amides is 1. The van der Waals surface area contributed by atoms with Gasteiger partial charge in [-0.05, 0) is 17.3 Å². The van der Waals surface area contributed by atoms with E-state index in [0.29, 0.717) is 58.5 Å². The van der Waals surface area contributed by atoms with Gasteiger partial charge in [0.15, 0.2) is 0 Å². The Morgan fingerprint density at radius 2 is 1.45 bits per heavy atom. The van der Waals surface area contributed by atoms with Crippen LogP contribution in [0.2, 0.25) is 0 Å². The van der Waals surface area contributed by atoms with Crippen LogP contribution in [-0.2, 0) is 36.8 Å². The zero-order chi connectivity index (χ0) is 24.6. The Morgan fingerprint density at radius 3 is 2.12 bits per heavy atom. The Bertz CT molecular complexity index is 640. The molecule has 10 nitrogen and oxygen atoms in total. The maximum Gasteiger partial charge on any atom is 0.407 e. The first-order valence-electron chi connectivity index (χ1n) is 11.7. The molecule has 0 unspecified atom stereocenters. The lowest BCUT2D eigenvalue weighted by Crippen LogP contribution is -2.25. The smallest absolute Gasteiger partial charge is 0.407 e. The van der Waals surface area contributed by atoms with Gasteiger partial charge in [0, 0.05) is 6.61 Å². The number of aromatic nitrogens is 3. The molecule has 0 aliphatic carbocycles. The van der Waals surface area contributed by atoms with Gasteiger partial charge in [0.1, 0.15) is 12.3 Å². The number of carbonyl (C=O) groups excluding carboxylic acids is 1. The van der Waals surface area contributed by atoms with E-state index in [0.717, 1.165) is 13.0 Å². The first kappa shape index (κ1) is 29.3. The van der Waals surface area contributed by atoms with Crippen LogP contribution in [0.25, 0.3) is 0 Å². The van der Waals surface area contributed by atoms with E-state index in [1.54, 1.807) is 10.9 Å². The van der Waals surface area contributed by atoms with E-state index in [1.165, 1.54) is 0 Å². The lowest BCUT2D eigenvalue weighted by molar-refractivity contribution is -0.00180. The van der Waals surface area contributed by atoms with Gasteiger partial charge in [-0.25, -0.2) is 9.48 Å². The molecule has 192 valence electrons. The third-order valence-corrected chi connectivity index (χ3v) is 4.20. The third-order valence-electron chi connectivity index (χ3n) is 4.20. The minimum atomic E-state index is -0.504. The Balaban J connectivity index is 1.98. The Kier molecular flexibility index (Phi) is 14.2. The van der Waals surface area contributed by atoms with Crippen molar-refractivity contribution >= 4 is 6.09 Å². The van der Waals surface area contributed by atoms with Crippen LogP contribution in [0.1, 0.15) is 53.7 Å². The van der Waals surface area contributed by atoms with Crippen LogP contribution >= 0.6 is 0 Å². The summed E-state index contributed by atoms with van der Waals surface area (Å²) in [5.41, 5.74) is 1.05. The SMILES string of the molecule is CC(C)(C)CCOCCOC(=O)NCc1cn(CCOCCOCCOCC(C)(C)C)nn1. The molecule has 0 spiro atoms. The highest BCUT2D eigenvalue weighted by Gasteiger charge is 2.10. The molecule has 0 fully saturated rings. The van der Waals surface area contributed by atoms with Gasteiger partial charge in [-0.3, -0.25) is 0 Å². The summed E-state index contributed by atoms with van der Waals surface area (Å²) in [6.45, 7) is 18.4. The van der Waals surface area contributed by atoms with Gasteiger partial charge in [0.2, 0.25) is 0 Å². The lowest BCUT2D eigenvalue weighted by atomic mass is 9.93. The molecule has 0 saturated heterocycles. The highest BCUT2D eigenvalue weighted by atomic mass is 16.6. The number of hydrogen-bond donors (Lipinski definition) is 1. The molecule has 0 aliphatic heterocycles. The second kappa shape index (κ2) is 16.0. The molecule has 10 heteroatoms. The zero-order valence-electron chi connectivity index (χ0n) is 21.4. The fourth-order valence-corrected chi connectivity index (χ4v) is 2.39. The van der Waals surface area contributed by atoms with Crippen molar-refractivity contribution in [1.29, 1.82) is 0 Å². The van der Waals surface area contributed by atoms with E-state index in [-0.39, 0.29) is 24.0 Å². The van der Waals surface area contributed by atoms with Crippen LogP contribution < -0.4 is 5.32 Å². The van der Waals surface area contributed by atoms with Gasteiger partial charge in [-0.15, -0.1) is 5.10 Å². The minimum Gasteiger partial charge on any atom is -0.447 e. The van der Waals surface area contributed by atoms with Crippen molar-refractivity contribution < 1.29 is 28.5 Å². The number of nitrogens with zero attached hydrogens (tertiary/aromatic N) is 3. The van der Waals surface area contributed by atoms with E-state index < -0.39 is 6.09 Å². The number of alkyl carbamates (subject to hydrolysis) is 1. The van der Waals surface area contributed by atoms with Crippen molar-refractivity contribution in [2.45, 2.75) is 61.1 Å². The van der Waals surface area contributed by atoms with Gasteiger partial charge in [0.05, 0.1) is 65.5 Å². The van der Waals surface area contributed by atoms with E-state index in [4.69, 9.17) is 23.7 Å². The maximum atomic E-state index is 11.7. The maximum absolute atomic E-state index is 11.7. The largest absolute Gasteiger partial charge is 0.447 e. The van der Waals surface area contributed by atoms with Gasteiger partial charge < -0.3 is 29.0 Å². The quantitative estimate of drug-likeness (QED) is 0.345. The lowest BCUT2D eigenvalue weighted by Gasteiger charge is -2.17. The Morgan fingerprint density at radius 1 is 0.848 bits per heavy atom. The number of carbonyl (C=O) groups is 1. The summed E-state index contributed by atoms with van der Waals surface area (Å²) in [7, 11) is 0. The van der Waals surface area contributed by atoms with Crippen LogP contribution in [0.5, 0.6) is 0 Å². The second-order valence-corrected chi connectivity index (χ2v) is 10.2.